The fourth-order valence-electron chi connectivity index (χ4n) is 4.79. The number of alkyl halides is 2. The summed E-state index contributed by atoms with van der Waals surface area (Å²) in [5.41, 5.74) is 1.48. The number of nitrogens with one attached hydrogen (secondary N) is 2. The molecule has 0 spiro atoms. The van der Waals surface area contributed by atoms with E-state index in [1.165, 1.54) is 23.5 Å². The van der Waals surface area contributed by atoms with Gasteiger partial charge in [0.1, 0.15) is 5.75 Å². The molecule has 1 aromatic carbocycles. The molecule has 36 heavy (non-hydrogen) atoms. The summed E-state index contributed by atoms with van der Waals surface area (Å²) in [6, 6.07) is 6.05. The Kier molecular flexibility index (Phi) is 5.97. The van der Waals surface area contributed by atoms with Crippen LogP contribution in [0, 0.1) is 0 Å². The summed E-state index contributed by atoms with van der Waals surface area (Å²) in [5.74, 6) is 0.467. The molecule has 0 unspecified atom stereocenters. The van der Waals surface area contributed by atoms with Crippen molar-refractivity contribution in [2.75, 3.05) is 23.4 Å². The maximum absolute atomic E-state index is 12.6. The number of hydrogen-bond donors (Lipinski definition) is 3. The van der Waals surface area contributed by atoms with Crippen LogP contribution in [-0.2, 0) is 11.2 Å². The van der Waals surface area contributed by atoms with Gasteiger partial charge >= 0.3 is 12.6 Å². The standard InChI is InChI=1S/C23H23F2N5O5S/c24-20(25)34-15-3-1-2-11(4-15)18-8-26-23(35-18)30-13-7-16-19(17(30)10-33-9-13)36-22(28-16)29-21(32)27-12-5-14(31)6-12/h1-4,8,12-14,17,20,31H,5-7,9-10H2,(H2,27,28,29,32)/t12-,13-,14-,17-/m0/s1. The number of oxazole rings is 1. The maximum Gasteiger partial charge on any atom is 0.387 e. The quantitative estimate of drug-likeness (QED) is 0.452. The molecule has 3 N–H and O–H groups in total. The third-order valence-corrected chi connectivity index (χ3v) is 7.62. The highest BCUT2D eigenvalue weighted by Gasteiger charge is 2.43. The van der Waals surface area contributed by atoms with Crippen molar-refractivity contribution in [2.24, 2.45) is 0 Å². The molecule has 2 aromatic heterocycles. The van der Waals surface area contributed by atoms with Gasteiger partial charge in [-0.2, -0.15) is 8.78 Å². The van der Waals surface area contributed by atoms with Gasteiger partial charge < -0.3 is 29.2 Å². The largest absolute Gasteiger partial charge is 0.435 e. The van der Waals surface area contributed by atoms with Gasteiger partial charge in [-0.1, -0.05) is 23.5 Å². The van der Waals surface area contributed by atoms with Crippen LogP contribution in [-0.4, -0.2) is 59.1 Å². The predicted molar refractivity (Wildman–Crippen MR) is 125 cm³/mol. The number of aromatic nitrogens is 2. The van der Waals surface area contributed by atoms with Crippen LogP contribution in [0.25, 0.3) is 11.3 Å². The number of halogens is 2. The lowest BCUT2D eigenvalue weighted by Crippen LogP contribution is -2.51. The van der Waals surface area contributed by atoms with Crippen LogP contribution in [0.3, 0.4) is 0 Å². The Hall–Kier alpha value is -3.29. The number of morpholine rings is 1. The SMILES string of the molecule is O=C(Nc1nc2c(s1)[C@@H]1COC[C@H](C2)N1c1ncc(-c2cccc(OC(F)F)c2)o1)N[C@H]1C[C@H](O)C1. The first-order valence-corrected chi connectivity index (χ1v) is 12.4. The van der Waals surface area contributed by atoms with Gasteiger partial charge in [0.25, 0.3) is 6.01 Å². The smallest absolute Gasteiger partial charge is 0.387 e. The van der Waals surface area contributed by atoms with Crippen LogP contribution < -0.4 is 20.3 Å². The van der Waals surface area contributed by atoms with Gasteiger partial charge in [0.2, 0.25) is 0 Å². The summed E-state index contributed by atoms with van der Waals surface area (Å²) in [6.07, 6.45) is 2.91. The molecular weight excluding hydrogens is 496 g/mol. The molecule has 2 aliphatic heterocycles. The number of rotatable bonds is 6. The number of benzene rings is 1. The third kappa shape index (κ3) is 4.49. The fourth-order valence-corrected chi connectivity index (χ4v) is 5.87. The number of fused-ring (bicyclic) bond motifs is 4. The maximum atomic E-state index is 12.6. The zero-order chi connectivity index (χ0) is 24.8. The first kappa shape index (κ1) is 23.1. The number of carbonyl (C=O) groups excluding carboxylic acids is 1. The first-order valence-electron chi connectivity index (χ1n) is 11.6. The van der Waals surface area contributed by atoms with Crippen molar-refractivity contribution in [3.8, 4) is 17.1 Å². The highest BCUT2D eigenvalue weighted by Crippen LogP contribution is 2.44. The Morgan fingerprint density at radius 1 is 1.31 bits per heavy atom. The molecule has 190 valence electrons. The van der Waals surface area contributed by atoms with Crippen molar-refractivity contribution in [1.82, 2.24) is 15.3 Å². The van der Waals surface area contributed by atoms with E-state index in [1.54, 1.807) is 18.3 Å². The van der Waals surface area contributed by atoms with Gasteiger partial charge in [-0.25, -0.2) is 14.8 Å². The Labute approximate surface area is 208 Å². The van der Waals surface area contributed by atoms with Gasteiger partial charge in [-0.3, -0.25) is 5.32 Å². The van der Waals surface area contributed by atoms with Crippen molar-refractivity contribution in [1.29, 1.82) is 0 Å². The molecule has 3 aliphatic rings. The number of ether oxygens (including phenoxy) is 2. The predicted octanol–water partition coefficient (Wildman–Crippen LogP) is 3.55. The first-order chi connectivity index (χ1) is 17.4. The Morgan fingerprint density at radius 3 is 2.97 bits per heavy atom. The average molecular weight is 520 g/mol. The molecule has 1 saturated heterocycles. The molecule has 1 aliphatic carbocycles. The van der Waals surface area contributed by atoms with E-state index in [-0.39, 0.29) is 36.0 Å². The van der Waals surface area contributed by atoms with Crippen molar-refractivity contribution >= 4 is 28.5 Å². The zero-order valence-electron chi connectivity index (χ0n) is 18.9. The van der Waals surface area contributed by atoms with Crippen LogP contribution in [0.4, 0.5) is 24.7 Å². The number of nitrogens with zero attached hydrogens (tertiary/aromatic N) is 3. The van der Waals surface area contributed by atoms with E-state index in [4.69, 9.17) is 9.15 Å². The second-order valence-corrected chi connectivity index (χ2v) is 10.0. The van der Waals surface area contributed by atoms with Crippen LogP contribution in [0.1, 0.15) is 29.5 Å². The van der Waals surface area contributed by atoms with Gasteiger partial charge in [-0.05, 0) is 25.0 Å². The van der Waals surface area contributed by atoms with Gasteiger partial charge in [0, 0.05) is 18.0 Å². The summed E-state index contributed by atoms with van der Waals surface area (Å²) in [4.78, 5) is 24.5. The molecule has 6 rings (SSSR count). The van der Waals surface area contributed by atoms with Crippen molar-refractivity contribution < 1.29 is 32.6 Å². The van der Waals surface area contributed by atoms with E-state index in [9.17, 15) is 18.7 Å². The van der Waals surface area contributed by atoms with Crippen molar-refractivity contribution in [2.45, 2.75) is 50.1 Å². The number of aliphatic hydroxyl groups is 1. The number of thiazole rings is 1. The molecule has 3 aromatic rings. The summed E-state index contributed by atoms with van der Waals surface area (Å²) in [5, 5.41) is 15.5. The van der Waals surface area contributed by atoms with Crippen LogP contribution in [0.15, 0.2) is 34.9 Å². The minimum absolute atomic E-state index is 0.0282. The molecular formula is C23H23F2N5O5S. The lowest BCUT2D eigenvalue weighted by molar-refractivity contribution is -0.0498. The summed E-state index contributed by atoms with van der Waals surface area (Å²) < 4.78 is 41.6. The van der Waals surface area contributed by atoms with Crippen molar-refractivity contribution in [3.63, 3.8) is 0 Å². The minimum Gasteiger partial charge on any atom is -0.435 e. The topological polar surface area (TPSA) is 122 Å². The van der Waals surface area contributed by atoms with Crippen LogP contribution in [0.2, 0.25) is 0 Å². The number of carbonyl (C=O) groups is 1. The monoisotopic (exact) mass is 519 g/mol. The number of urea groups is 1. The molecule has 13 heteroatoms. The normalized spacial score (nSPS) is 24.7. The molecule has 2 fully saturated rings. The van der Waals surface area contributed by atoms with Gasteiger partial charge in [-0.15, -0.1) is 0 Å². The number of aliphatic hydroxyl groups excluding tert-OH is 1. The molecule has 0 radical (unpaired) electrons. The minimum atomic E-state index is -2.91. The van der Waals surface area contributed by atoms with Gasteiger partial charge in [0.15, 0.2) is 10.9 Å². The summed E-state index contributed by atoms with van der Waals surface area (Å²) in [7, 11) is 0. The Bertz CT molecular complexity index is 1260. The highest BCUT2D eigenvalue weighted by atomic mass is 32.1. The van der Waals surface area contributed by atoms with Crippen LogP contribution in [0.5, 0.6) is 5.75 Å². The lowest BCUT2D eigenvalue weighted by atomic mass is 9.90. The second-order valence-electron chi connectivity index (χ2n) is 8.98. The van der Waals surface area contributed by atoms with E-state index in [0.717, 1.165) is 10.6 Å². The molecule has 2 amide bonds. The van der Waals surface area contributed by atoms with Crippen LogP contribution >= 0.6 is 11.3 Å². The molecule has 1 saturated carbocycles. The number of anilines is 2. The van der Waals surface area contributed by atoms with E-state index < -0.39 is 6.61 Å². The molecule has 10 nitrogen and oxygen atoms in total. The number of hydrogen-bond acceptors (Lipinski definition) is 9. The Morgan fingerprint density at radius 2 is 2.17 bits per heavy atom. The highest BCUT2D eigenvalue weighted by molar-refractivity contribution is 7.16. The summed E-state index contributed by atoms with van der Waals surface area (Å²) in [6.45, 7) is -2.04. The average Bonchev–Trinajstić information content (AvgIpc) is 3.45. The van der Waals surface area contributed by atoms with Crippen molar-refractivity contribution in [3.05, 3.63) is 41.0 Å². The summed E-state index contributed by atoms with van der Waals surface area (Å²) >= 11 is 1.38. The van der Waals surface area contributed by atoms with E-state index in [2.05, 4.69) is 30.2 Å². The second kappa shape index (κ2) is 9.30. The number of amides is 2. The molecule has 2 atom stereocenters. The van der Waals surface area contributed by atoms with E-state index in [0.29, 0.717) is 54.9 Å². The molecule has 4 heterocycles. The fraction of sp³-hybridized carbons (Fsp3) is 0.435. The zero-order valence-corrected chi connectivity index (χ0v) is 19.7. The molecule has 2 bridgehead atoms. The lowest BCUT2D eigenvalue weighted by Gasteiger charge is -2.43. The Balaban J connectivity index is 1.20. The van der Waals surface area contributed by atoms with Gasteiger partial charge in [0.05, 0.1) is 48.2 Å². The third-order valence-electron chi connectivity index (χ3n) is 6.50. The van der Waals surface area contributed by atoms with E-state index >= 15 is 0 Å². The van der Waals surface area contributed by atoms with E-state index in [1.807, 2.05) is 0 Å².